The molecule has 1 heterocycles. The quantitative estimate of drug-likeness (QED) is 0.753. The molecule has 1 aromatic heterocycles. The molecule has 0 atom stereocenters. The molecule has 0 aliphatic heterocycles. The molecule has 0 spiro atoms. The van der Waals surface area contributed by atoms with E-state index in [1.165, 1.54) is 0 Å². The highest BCUT2D eigenvalue weighted by Crippen LogP contribution is 2.17. The molecule has 0 bridgehead atoms. The Hall–Kier alpha value is -2.28. The number of methoxy groups -OCH3 is 2. The number of nitrogen functional groups attached to an aromatic ring is 1. The van der Waals surface area contributed by atoms with Crippen LogP contribution in [0, 0.1) is 0 Å². The van der Waals surface area contributed by atoms with Crippen molar-refractivity contribution in [1.82, 2.24) is 14.8 Å². The number of anilines is 2. The molecule has 102 valence electrons. The van der Waals surface area contributed by atoms with Crippen molar-refractivity contribution in [1.29, 1.82) is 0 Å². The lowest BCUT2D eigenvalue weighted by Gasteiger charge is -2.04. The van der Waals surface area contributed by atoms with Gasteiger partial charge in [0.25, 0.3) is 0 Å². The molecule has 1 aromatic carbocycles. The highest BCUT2D eigenvalue weighted by molar-refractivity contribution is 5.43. The molecular formula is C12H17N5O2. The molecule has 0 aliphatic carbocycles. The Labute approximate surface area is 111 Å². The van der Waals surface area contributed by atoms with E-state index >= 15 is 0 Å². The maximum atomic E-state index is 5.84. The average Bonchev–Trinajstić information content (AvgIpc) is 2.80. The van der Waals surface area contributed by atoms with Crippen molar-refractivity contribution in [2.45, 2.75) is 0 Å². The lowest BCUT2D eigenvalue weighted by molar-refractivity contribution is 0.210. The summed E-state index contributed by atoms with van der Waals surface area (Å²) >= 11 is 0. The first-order valence-electron chi connectivity index (χ1n) is 5.84. The van der Waals surface area contributed by atoms with Crippen LogP contribution < -0.4 is 15.8 Å². The van der Waals surface area contributed by atoms with Crippen LogP contribution in [0.2, 0.25) is 0 Å². The van der Waals surface area contributed by atoms with Gasteiger partial charge in [0.2, 0.25) is 11.9 Å². The fourth-order valence-electron chi connectivity index (χ4n) is 1.58. The Morgan fingerprint density at radius 1 is 1.26 bits per heavy atom. The van der Waals surface area contributed by atoms with E-state index in [2.05, 4.69) is 15.4 Å². The summed E-state index contributed by atoms with van der Waals surface area (Å²) in [6, 6.07) is 7.41. The first kappa shape index (κ1) is 13.2. The van der Waals surface area contributed by atoms with Gasteiger partial charge in [-0.3, -0.25) is 0 Å². The fourth-order valence-corrected chi connectivity index (χ4v) is 1.58. The summed E-state index contributed by atoms with van der Waals surface area (Å²) in [6.45, 7) is 1.21. The predicted molar refractivity (Wildman–Crippen MR) is 72.7 cm³/mol. The van der Waals surface area contributed by atoms with Crippen LogP contribution in [-0.4, -0.2) is 42.1 Å². The van der Waals surface area contributed by atoms with Crippen LogP contribution in [0.15, 0.2) is 24.3 Å². The summed E-state index contributed by atoms with van der Waals surface area (Å²) in [5, 5.41) is 7.31. The standard InChI is InChI=1S/C12H17N5O2/c1-18-8-7-14-12-15-11(13)17(16-12)9-3-5-10(19-2)6-4-9/h3-6H,7-8H2,1-2H3,(H3,13,14,15,16). The number of benzene rings is 1. The highest BCUT2D eigenvalue weighted by Gasteiger charge is 2.08. The molecule has 7 nitrogen and oxygen atoms in total. The Balaban J connectivity index is 2.14. The largest absolute Gasteiger partial charge is 0.497 e. The molecule has 0 fully saturated rings. The van der Waals surface area contributed by atoms with Crippen molar-refractivity contribution >= 4 is 11.9 Å². The molecule has 0 amide bonds. The van der Waals surface area contributed by atoms with Crippen molar-refractivity contribution in [3.8, 4) is 11.4 Å². The van der Waals surface area contributed by atoms with Crippen molar-refractivity contribution in [2.24, 2.45) is 0 Å². The molecule has 7 heteroatoms. The van der Waals surface area contributed by atoms with E-state index in [-0.39, 0.29) is 0 Å². The second-order valence-electron chi connectivity index (χ2n) is 3.82. The maximum Gasteiger partial charge on any atom is 0.244 e. The minimum absolute atomic E-state index is 0.324. The first-order valence-corrected chi connectivity index (χ1v) is 5.84. The maximum absolute atomic E-state index is 5.84. The van der Waals surface area contributed by atoms with E-state index in [4.69, 9.17) is 15.2 Å². The summed E-state index contributed by atoms with van der Waals surface area (Å²) in [4.78, 5) is 4.13. The third-order valence-corrected chi connectivity index (χ3v) is 2.54. The Bertz CT molecular complexity index is 523. The number of aromatic nitrogens is 3. The summed E-state index contributed by atoms with van der Waals surface area (Å²) in [5.74, 6) is 1.58. The molecule has 0 radical (unpaired) electrons. The SMILES string of the molecule is COCCNc1nc(N)n(-c2ccc(OC)cc2)n1. The molecule has 0 aliphatic rings. The van der Waals surface area contributed by atoms with Gasteiger partial charge in [-0.15, -0.1) is 5.10 Å². The predicted octanol–water partition coefficient (Wildman–Crippen LogP) is 0.916. The van der Waals surface area contributed by atoms with E-state index in [9.17, 15) is 0 Å². The molecule has 0 unspecified atom stereocenters. The van der Waals surface area contributed by atoms with Crippen molar-refractivity contribution in [3.63, 3.8) is 0 Å². The van der Waals surface area contributed by atoms with Crippen LogP contribution in [-0.2, 0) is 4.74 Å². The average molecular weight is 263 g/mol. The minimum atomic E-state index is 0.324. The molecule has 19 heavy (non-hydrogen) atoms. The second kappa shape index (κ2) is 6.05. The van der Waals surface area contributed by atoms with Crippen LogP contribution in [0.4, 0.5) is 11.9 Å². The Morgan fingerprint density at radius 2 is 2.00 bits per heavy atom. The zero-order valence-electron chi connectivity index (χ0n) is 11.0. The normalized spacial score (nSPS) is 10.4. The van der Waals surface area contributed by atoms with Gasteiger partial charge in [0.15, 0.2) is 0 Å². The van der Waals surface area contributed by atoms with Gasteiger partial charge in [-0.05, 0) is 24.3 Å². The zero-order valence-corrected chi connectivity index (χ0v) is 11.0. The van der Waals surface area contributed by atoms with E-state index < -0.39 is 0 Å². The topological polar surface area (TPSA) is 87.2 Å². The Morgan fingerprint density at radius 3 is 2.63 bits per heavy atom. The van der Waals surface area contributed by atoms with Gasteiger partial charge in [-0.1, -0.05) is 0 Å². The number of hydrogen-bond donors (Lipinski definition) is 2. The number of nitrogens with zero attached hydrogens (tertiary/aromatic N) is 3. The van der Waals surface area contributed by atoms with Gasteiger partial charge < -0.3 is 20.5 Å². The summed E-state index contributed by atoms with van der Waals surface area (Å²) in [7, 11) is 3.26. The first-order chi connectivity index (χ1) is 9.24. The summed E-state index contributed by atoms with van der Waals surface area (Å²) in [6.07, 6.45) is 0. The molecule has 0 saturated carbocycles. The number of rotatable bonds is 6. The smallest absolute Gasteiger partial charge is 0.244 e. The molecular weight excluding hydrogens is 246 g/mol. The van der Waals surface area contributed by atoms with E-state index in [1.807, 2.05) is 24.3 Å². The van der Waals surface area contributed by atoms with E-state index in [0.717, 1.165) is 11.4 Å². The van der Waals surface area contributed by atoms with Gasteiger partial charge in [0.05, 0.1) is 19.4 Å². The third-order valence-electron chi connectivity index (χ3n) is 2.54. The molecule has 2 aromatic rings. The van der Waals surface area contributed by atoms with Crippen LogP contribution in [0.25, 0.3) is 5.69 Å². The number of ether oxygens (including phenoxy) is 2. The lowest BCUT2D eigenvalue weighted by atomic mass is 10.3. The van der Waals surface area contributed by atoms with E-state index in [0.29, 0.717) is 25.0 Å². The van der Waals surface area contributed by atoms with Crippen molar-refractivity contribution in [2.75, 3.05) is 38.4 Å². The van der Waals surface area contributed by atoms with Crippen molar-refractivity contribution < 1.29 is 9.47 Å². The summed E-state index contributed by atoms with van der Waals surface area (Å²) < 4.78 is 11.6. The van der Waals surface area contributed by atoms with Crippen LogP contribution >= 0.6 is 0 Å². The van der Waals surface area contributed by atoms with Crippen molar-refractivity contribution in [3.05, 3.63) is 24.3 Å². The van der Waals surface area contributed by atoms with Gasteiger partial charge in [-0.25, -0.2) is 0 Å². The van der Waals surface area contributed by atoms with Gasteiger partial charge in [0.1, 0.15) is 5.75 Å². The van der Waals surface area contributed by atoms with E-state index in [1.54, 1.807) is 18.9 Å². The van der Waals surface area contributed by atoms with Gasteiger partial charge in [0, 0.05) is 13.7 Å². The fraction of sp³-hybridized carbons (Fsp3) is 0.333. The van der Waals surface area contributed by atoms with Crippen LogP contribution in [0.1, 0.15) is 0 Å². The van der Waals surface area contributed by atoms with Crippen LogP contribution in [0.3, 0.4) is 0 Å². The second-order valence-corrected chi connectivity index (χ2v) is 3.82. The Kier molecular flexibility index (Phi) is 4.19. The third kappa shape index (κ3) is 3.14. The van der Waals surface area contributed by atoms with Gasteiger partial charge in [-0.2, -0.15) is 9.67 Å². The minimum Gasteiger partial charge on any atom is -0.497 e. The number of hydrogen-bond acceptors (Lipinski definition) is 6. The zero-order chi connectivity index (χ0) is 13.7. The monoisotopic (exact) mass is 263 g/mol. The van der Waals surface area contributed by atoms with Crippen LogP contribution in [0.5, 0.6) is 5.75 Å². The highest BCUT2D eigenvalue weighted by atomic mass is 16.5. The summed E-state index contributed by atoms with van der Waals surface area (Å²) in [5.41, 5.74) is 6.66. The van der Waals surface area contributed by atoms with Gasteiger partial charge >= 0.3 is 0 Å². The lowest BCUT2D eigenvalue weighted by Crippen LogP contribution is -2.09. The number of nitrogens with two attached hydrogens (primary N) is 1. The number of nitrogens with one attached hydrogen (secondary N) is 1. The molecule has 3 N–H and O–H groups in total. The molecule has 0 saturated heterocycles. The molecule has 2 rings (SSSR count).